The Bertz CT molecular complexity index is 2420. The first-order valence-electron chi connectivity index (χ1n) is 20.3. The quantitative estimate of drug-likeness (QED) is 0.164. The van der Waals surface area contributed by atoms with Crippen molar-refractivity contribution < 1.29 is 45.5 Å². The van der Waals surface area contributed by atoms with E-state index in [4.69, 9.17) is 4.74 Å². The van der Waals surface area contributed by atoms with Crippen molar-refractivity contribution in [2.45, 2.75) is 65.4 Å². The van der Waals surface area contributed by atoms with E-state index in [2.05, 4.69) is 25.5 Å². The molecule has 4 saturated heterocycles. The third-order valence-corrected chi connectivity index (χ3v) is 11.3. The molecule has 4 aliphatic heterocycles. The molecule has 1 N–H and O–H groups in total. The number of aromatic nitrogens is 6. The van der Waals surface area contributed by atoms with Crippen LogP contribution in [-0.4, -0.2) is 120 Å². The zero-order chi connectivity index (χ0) is 45.5. The maximum atomic E-state index is 13.1. The minimum atomic E-state index is -4.47. The van der Waals surface area contributed by atoms with Crippen LogP contribution in [0.25, 0.3) is 35.2 Å². The van der Waals surface area contributed by atoms with Crippen LogP contribution in [0, 0.1) is 24.7 Å². The second-order valence-corrected chi connectivity index (χ2v) is 17.9. The van der Waals surface area contributed by atoms with E-state index < -0.39 is 29.1 Å². The maximum absolute atomic E-state index is 13.1. The summed E-state index contributed by atoms with van der Waals surface area (Å²) >= 11 is 0. The molecule has 8 rings (SSSR count). The number of carbonyl (C=O) groups excluding carboxylic acids is 3. The van der Waals surface area contributed by atoms with Crippen molar-refractivity contribution in [1.29, 1.82) is 0 Å². The number of nitrogens with one attached hydrogen (secondary N) is 1. The fourth-order valence-electron chi connectivity index (χ4n) is 8.09. The van der Waals surface area contributed by atoms with Crippen molar-refractivity contribution >= 4 is 30.3 Å². The van der Waals surface area contributed by atoms with E-state index in [0.717, 1.165) is 63.3 Å². The normalized spacial score (nSPS) is 18.2. The van der Waals surface area contributed by atoms with Gasteiger partial charge in [-0.3, -0.25) is 9.59 Å². The van der Waals surface area contributed by atoms with Gasteiger partial charge in [0.2, 0.25) is 11.8 Å². The number of likely N-dealkylation sites (tertiary alicyclic amines) is 3. The minimum Gasteiger partial charge on any atom is -0.444 e. The monoisotopic (exact) mass is 882 g/mol. The lowest BCUT2D eigenvalue weighted by molar-refractivity contribution is -0.138. The molecule has 4 aromatic rings. The zero-order valence-electron chi connectivity index (χ0n) is 35.4. The van der Waals surface area contributed by atoms with Crippen LogP contribution in [0.5, 0.6) is 0 Å². The van der Waals surface area contributed by atoms with Crippen LogP contribution in [0.4, 0.5) is 31.1 Å². The molecular formula is C43H48F6N10O4. The van der Waals surface area contributed by atoms with Gasteiger partial charge >= 0.3 is 18.4 Å². The van der Waals surface area contributed by atoms with Gasteiger partial charge in [0, 0.05) is 98.9 Å². The Morgan fingerprint density at radius 2 is 1.08 bits per heavy atom. The molecule has 0 aliphatic carbocycles. The first kappa shape index (κ1) is 45.0. The molecule has 0 atom stereocenters. The summed E-state index contributed by atoms with van der Waals surface area (Å²) in [5, 5.41) is 11.6. The number of benzene rings is 2. The highest BCUT2D eigenvalue weighted by Crippen LogP contribution is 2.40. The summed E-state index contributed by atoms with van der Waals surface area (Å²) in [6, 6.07) is 7.35. The summed E-state index contributed by atoms with van der Waals surface area (Å²) in [7, 11) is 0. The number of nitrogens with zero attached hydrogens (tertiary/aromatic N) is 9. The Hall–Kier alpha value is -6.05. The molecule has 2 spiro atoms. The van der Waals surface area contributed by atoms with E-state index in [0.29, 0.717) is 37.3 Å². The number of hydrogen-bond donors (Lipinski definition) is 1. The Morgan fingerprint density at radius 1 is 0.651 bits per heavy atom. The van der Waals surface area contributed by atoms with Crippen LogP contribution in [-0.2, 0) is 26.7 Å². The molecule has 2 aromatic heterocycles. The molecule has 0 unspecified atom stereocenters. The highest BCUT2D eigenvalue weighted by molar-refractivity contribution is 5.91. The average Bonchev–Trinajstić information content (AvgIpc) is 4.00. The van der Waals surface area contributed by atoms with Crippen LogP contribution in [0.3, 0.4) is 0 Å². The highest BCUT2D eigenvalue weighted by atomic mass is 19.4. The van der Waals surface area contributed by atoms with Crippen molar-refractivity contribution in [1.82, 2.24) is 49.5 Å². The Kier molecular flexibility index (Phi) is 12.1. The molecule has 6 heterocycles. The predicted molar refractivity (Wildman–Crippen MR) is 219 cm³/mol. The van der Waals surface area contributed by atoms with Gasteiger partial charge in [0.15, 0.2) is 11.6 Å². The van der Waals surface area contributed by atoms with E-state index in [1.165, 1.54) is 46.6 Å². The predicted octanol–water partition coefficient (Wildman–Crippen LogP) is 6.78. The standard InChI is InChI=1S/C24H28F3N5O3.C19H20F3N5O/c1-16-9-17(11-18(10-16)24(25,26)27)20-28-15-32(29-20)7-5-19(33)30-8-6-23(12-30)13-31(14-23)21(34)35-22(2,3)4;1-13-6-14(8-15(7-13)19(20,21)22)17-24-12-27(25-17)4-2-16(28)26-5-3-18(11-26)9-23-10-18/h5,7,9-11,15H,6,8,12-14H2,1-4H3;2,4,6-8,12,23H,3,5,9-11H2,1H3/b7-5-;4-2-. The van der Waals surface area contributed by atoms with E-state index in [1.54, 1.807) is 35.8 Å². The van der Waals surface area contributed by atoms with E-state index in [1.807, 2.05) is 25.7 Å². The molecule has 0 saturated carbocycles. The van der Waals surface area contributed by atoms with Crippen LogP contribution < -0.4 is 5.32 Å². The van der Waals surface area contributed by atoms with Gasteiger partial charge in [-0.15, -0.1) is 10.2 Å². The fraction of sp³-hybridized carbons (Fsp3) is 0.465. The Balaban J connectivity index is 0.000000193. The number of hydrogen-bond acceptors (Lipinski definition) is 9. The molecule has 4 fully saturated rings. The second kappa shape index (κ2) is 16.9. The molecule has 3 amide bonds. The molecule has 0 bridgehead atoms. The number of aryl methyl sites for hydroxylation is 2. The average molecular weight is 883 g/mol. The summed E-state index contributed by atoms with van der Waals surface area (Å²) in [4.78, 5) is 50.6. The Morgan fingerprint density at radius 3 is 1.48 bits per heavy atom. The van der Waals surface area contributed by atoms with Crippen molar-refractivity contribution in [3.63, 3.8) is 0 Å². The van der Waals surface area contributed by atoms with Gasteiger partial charge in [0.25, 0.3) is 0 Å². The molecule has 14 nitrogen and oxygen atoms in total. The lowest BCUT2D eigenvalue weighted by atomic mass is 9.79. The largest absolute Gasteiger partial charge is 0.444 e. The smallest absolute Gasteiger partial charge is 0.416 e. The molecule has 63 heavy (non-hydrogen) atoms. The number of alkyl halides is 6. The molecule has 336 valence electrons. The topological polar surface area (TPSA) is 144 Å². The summed E-state index contributed by atoms with van der Waals surface area (Å²) in [5.74, 6) is 0.000359. The second-order valence-electron chi connectivity index (χ2n) is 17.9. The van der Waals surface area contributed by atoms with Gasteiger partial charge in [0.1, 0.15) is 18.3 Å². The molecule has 20 heteroatoms. The van der Waals surface area contributed by atoms with E-state index >= 15 is 0 Å². The van der Waals surface area contributed by atoms with Gasteiger partial charge in [-0.05, 0) is 95.0 Å². The number of rotatable bonds is 6. The van der Waals surface area contributed by atoms with Crippen LogP contribution in [0.2, 0.25) is 0 Å². The SMILES string of the molecule is Cc1cc(-c2ncn(/C=C\C(=O)N3CCC4(C3)CN(C(=O)OC(C)(C)C)C4)n2)cc(C(F)(F)F)c1.Cc1cc(-c2ncn(/C=C\C(=O)N3CCC4(CNC4)C3)n2)cc(C(F)(F)F)c1. The summed E-state index contributed by atoms with van der Waals surface area (Å²) < 4.78 is 86.4. The van der Waals surface area contributed by atoms with E-state index in [-0.39, 0.29) is 51.5 Å². The van der Waals surface area contributed by atoms with Crippen molar-refractivity contribution in [2.24, 2.45) is 10.8 Å². The van der Waals surface area contributed by atoms with Crippen LogP contribution in [0.1, 0.15) is 55.9 Å². The van der Waals surface area contributed by atoms with Crippen molar-refractivity contribution in [3.8, 4) is 22.8 Å². The molecule has 4 aliphatic rings. The number of carbonyl (C=O) groups is 3. The van der Waals surface area contributed by atoms with Crippen molar-refractivity contribution in [2.75, 3.05) is 52.4 Å². The third kappa shape index (κ3) is 10.8. The maximum Gasteiger partial charge on any atom is 0.416 e. The first-order valence-corrected chi connectivity index (χ1v) is 20.3. The molecular weight excluding hydrogens is 835 g/mol. The van der Waals surface area contributed by atoms with E-state index in [9.17, 15) is 40.7 Å². The lowest BCUT2D eigenvalue weighted by Gasteiger charge is -2.47. The fourth-order valence-corrected chi connectivity index (χ4v) is 8.09. The van der Waals surface area contributed by atoms with Crippen LogP contribution in [0.15, 0.2) is 61.2 Å². The third-order valence-electron chi connectivity index (χ3n) is 11.3. The number of halogens is 6. The molecule has 2 aromatic carbocycles. The zero-order valence-corrected chi connectivity index (χ0v) is 35.4. The Labute approximate surface area is 359 Å². The van der Waals surface area contributed by atoms with Gasteiger partial charge in [-0.25, -0.2) is 24.1 Å². The van der Waals surface area contributed by atoms with Crippen molar-refractivity contribution in [3.05, 3.63) is 83.5 Å². The summed E-state index contributed by atoms with van der Waals surface area (Å²) in [6.45, 7) is 14.2. The van der Waals surface area contributed by atoms with Gasteiger partial charge in [-0.2, -0.15) is 26.3 Å². The summed E-state index contributed by atoms with van der Waals surface area (Å²) in [6.07, 6.45) is 0.954. The lowest BCUT2D eigenvalue weighted by Crippen LogP contribution is -2.60. The summed E-state index contributed by atoms with van der Waals surface area (Å²) in [5.41, 5.74) is -0.489. The van der Waals surface area contributed by atoms with Gasteiger partial charge in [-0.1, -0.05) is 0 Å². The molecule has 0 radical (unpaired) electrons. The highest BCUT2D eigenvalue weighted by Gasteiger charge is 2.51. The number of amides is 3. The van der Waals surface area contributed by atoms with Gasteiger partial charge < -0.3 is 24.8 Å². The number of ether oxygens (including phenoxy) is 1. The van der Waals surface area contributed by atoms with Gasteiger partial charge in [0.05, 0.1) is 11.1 Å². The minimum absolute atomic E-state index is 0.101. The first-order chi connectivity index (χ1) is 29.5. The van der Waals surface area contributed by atoms with Crippen LogP contribution >= 0.6 is 0 Å².